The summed E-state index contributed by atoms with van der Waals surface area (Å²) in [6.45, 7) is 10.8. The van der Waals surface area contributed by atoms with Gasteiger partial charge in [0.25, 0.3) is 0 Å². The van der Waals surface area contributed by atoms with Crippen molar-refractivity contribution in [1.29, 1.82) is 0 Å². The van der Waals surface area contributed by atoms with Crippen molar-refractivity contribution in [3.63, 3.8) is 0 Å². The molecule has 2 aromatic carbocycles. The Morgan fingerprint density at radius 2 is 1.87 bits per heavy atom. The summed E-state index contributed by atoms with van der Waals surface area (Å²) in [4.78, 5) is 9.30. The summed E-state index contributed by atoms with van der Waals surface area (Å²) in [5.74, 6) is 0.926. The maximum atomic E-state index is 6.13. The molecule has 2 heterocycles. The number of benzene rings is 2. The van der Waals surface area contributed by atoms with E-state index in [4.69, 9.17) is 9.47 Å². The van der Waals surface area contributed by atoms with Gasteiger partial charge in [-0.1, -0.05) is 42.0 Å². The first kappa shape index (κ1) is 21.7. The second-order valence-electron chi connectivity index (χ2n) is 8.29. The van der Waals surface area contributed by atoms with Gasteiger partial charge in [-0.2, -0.15) is 0 Å². The van der Waals surface area contributed by atoms with Crippen LogP contribution in [0.4, 0.5) is 5.69 Å². The first-order valence-corrected chi connectivity index (χ1v) is 11.2. The number of rotatable bonds is 4. The van der Waals surface area contributed by atoms with E-state index in [0.29, 0.717) is 6.61 Å². The van der Waals surface area contributed by atoms with Crippen molar-refractivity contribution in [2.24, 2.45) is 4.99 Å². The van der Waals surface area contributed by atoms with E-state index in [1.54, 1.807) is 0 Å². The van der Waals surface area contributed by atoms with Crippen LogP contribution in [0, 0.1) is 13.8 Å². The van der Waals surface area contributed by atoms with Gasteiger partial charge in [0.1, 0.15) is 6.10 Å². The van der Waals surface area contributed by atoms with Crippen molar-refractivity contribution >= 4 is 11.6 Å². The van der Waals surface area contributed by atoms with Gasteiger partial charge in [0, 0.05) is 38.9 Å². The third-order valence-electron chi connectivity index (χ3n) is 6.13. The molecule has 1 atom stereocenters. The molecular formula is C25H34N4O2. The molecule has 6 nitrogen and oxygen atoms in total. The molecule has 0 radical (unpaired) electrons. The molecule has 0 amide bonds. The van der Waals surface area contributed by atoms with Crippen LogP contribution in [0.15, 0.2) is 47.5 Å². The second-order valence-corrected chi connectivity index (χ2v) is 8.29. The fourth-order valence-electron chi connectivity index (χ4n) is 4.50. The van der Waals surface area contributed by atoms with Gasteiger partial charge in [-0.3, -0.25) is 4.99 Å². The van der Waals surface area contributed by atoms with Gasteiger partial charge in [0.15, 0.2) is 5.96 Å². The first-order valence-electron chi connectivity index (χ1n) is 11.2. The van der Waals surface area contributed by atoms with Crippen molar-refractivity contribution in [3.05, 3.63) is 64.7 Å². The zero-order valence-corrected chi connectivity index (χ0v) is 18.9. The third-order valence-corrected chi connectivity index (χ3v) is 6.13. The van der Waals surface area contributed by atoms with Gasteiger partial charge >= 0.3 is 0 Å². The summed E-state index contributed by atoms with van der Waals surface area (Å²) in [5, 5.41) is 3.59. The van der Waals surface area contributed by atoms with Gasteiger partial charge in [-0.25, -0.2) is 0 Å². The van der Waals surface area contributed by atoms with Crippen LogP contribution in [0.2, 0.25) is 0 Å². The number of hydrogen-bond acceptors (Lipinski definition) is 4. The van der Waals surface area contributed by atoms with E-state index in [1.807, 2.05) is 7.05 Å². The number of aliphatic imine (C=N–C) groups is 1. The SMILES string of the molecule is CN=C(NCc1ccccc1N1CCOCC1)N1CCOC(c2ccc(C)cc2C)C1. The minimum Gasteiger partial charge on any atom is -0.378 e. The van der Waals surface area contributed by atoms with Crippen molar-refractivity contribution in [2.45, 2.75) is 26.5 Å². The van der Waals surface area contributed by atoms with Crippen molar-refractivity contribution < 1.29 is 9.47 Å². The number of para-hydroxylation sites is 1. The molecule has 6 heteroatoms. The van der Waals surface area contributed by atoms with E-state index in [0.717, 1.165) is 51.9 Å². The zero-order valence-electron chi connectivity index (χ0n) is 18.9. The Morgan fingerprint density at radius 3 is 2.65 bits per heavy atom. The topological polar surface area (TPSA) is 49.3 Å². The molecule has 1 unspecified atom stereocenters. The molecule has 0 bridgehead atoms. The zero-order chi connectivity index (χ0) is 21.6. The van der Waals surface area contributed by atoms with Crippen LogP contribution >= 0.6 is 0 Å². The molecule has 2 aromatic rings. The first-order chi connectivity index (χ1) is 15.2. The average Bonchev–Trinajstić information content (AvgIpc) is 2.80. The smallest absolute Gasteiger partial charge is 0.194 e. The Bertz CT molecular complexity index is 908. The van der Waals surface area contributed by atoms with E-state index in [1.165, 1.54) is 27.9 Å². The van der Waals surface area contributed by atoms with E-state index >= 15 is 0 Å². The molecule has 2 saturated heterocycles. The molecule has 4 rings (SSSR count). The lowest BCUT2D eigenvalue weighted by Gasteiger charge is -2.36. The lowest BCUT2D eigenvalue weighted by Crippen LogP contribution is -2.48. The summed E-state index contributed by atoms with van der Waals surface area (Å²) in [6, 6.07) is 15.2. The number of morpholine rings is 2. The van der Waals surface area contributed by atoms with Gasteiger partial charge in [0.2, 0.25) is 0 Å². The van der Waals surface area contributed by atoms with Crippen LogP contribution < -0.4 is 10.2 Å². The minimum atomic E-state index is 0.0635. The predicted molar refractivity (Wildman–Crippen MR) is 126 cm³/mol. The third kappa shape index (κ3) is 5.20. The van der Waals surface area contributed by atoms with Gasteiger partial charge in [-0.15, -0.1) is 0 Å². The van der Waals surface area contributed by atoms with Crippen molar-refractivity contribution in [1.82, 2.24) is 10.2 Å². The Morgan fingerprint density at radius 1 is 1.06 bits per heavy atom. The number of ether oxygens (including phenoxy) is 2. The largest absolute Gasteiger partial charge is 0.378 e. The van der Waals surface area contributed by atoms with E-state index in [2.05, 4.69) is 76.4 Å². The van der Waals surface area contributed by atoms with Crippen molar-refractivity contribution in [2.75, 3.05) is 57.9 Å². The molecular weight excluding hydrogens is 388 g/mol. The number of aryl methyl sites for hydroxylation is 2. The standard InChI is InChI=1S/C25H34N4O2/c1-19-8-9-22(20(2)16-19)24-18-29(12-15-31-24)25(26-3)27-17-21-6-4-5-7-23(21)28-10-13-30-14-11-28/h4-9,16,24H,10-15,17-18H2,1-3H3,(H,26,27). The van der Waals surface area contributed by atoms with Crippen LogP contribution in [-0.4, -0.2) is 63.9 Å². The number of guanidine groups is 1. The van der Waals surface area contributed by atoms with E-state index in [9.17, 15) is 0 Å². The van der Waals surface area contributed by atoms with E-state index < -0.39 is 0 Å². The minimum absolute atomic E-state index is 0.0635. The summed E-state index contributed by atoms with van der Waals surface area (Å²) in [6.07, 6.45) is 0.0635. The highest BCUT2D eigenvalue weighted by Crippen LogP contribution is 2.26. The quantitative estimate of drug-likeness (QED) is 0.605. The normalized spacial score (nSPS) is 20.1. The highest BCUT2D eigenvalue weighted by molar-refractivity contribution is 5.80. The van der Waals surface area contributed by atoms with Crippen LogP contribution in [0.3, 0.4) is 0 Å². The van der Waals surface area contributed by atoms with Gasteiger partial charge in [-0.05, 0) is 36.6 Å². The fraction of sp³-hybridized carbons (Fsp3) is 0.480. The Hall–Kier alpha value is -2.57. The van der Waals surface area contributed by atoms with Crippen LogP contribution in [0.5, 0.6) is 0 Å². The predicted octanol–water partition coefficient (Wildman–Crippen LogP) is 3.29. The summed E-state index contributed by atoms with van der Waals surface area (Å²) >= 11 is 0. The maximum Gasteiger partial charge on any atom is 0.194 e. The van der Waals surface area contributed by atoms with E-state index in [-0.39, 0.29) is 6.10 Å². The molecule has 1 N–H and O–H groups in total. The maximum absolute atomic E-state index is 6.13. The number of hydrogen-bond donors (Lipinski definition) is 1. The molecule has 166 valence electrons. The molecule has 0 aliphatic carbocycles. The summed E-state index contributed by atoms with van der Waals surface area (Å²) in [5.41, 5.74) is 6.40. The number of anilines is 1. The molecule has 2 aliphatic heterocycles. The molecule has 0 saturated carbocycles. The van der Waals surface area contributed by atoms with Gasteiger partial charge < -0.3 is 24.6 Å². The number of nitrogens with zero attached hydrogens (tertiary/aromatic N) is 3. The molecule has 0 aromatic heterocycles. The highest BCUT2D eigenvalue weighted by Gasteiger charge is 2.25. The Kier molecular flexibility index (Phi) is 7.10. The lowest BCUT2D eigenvalue weighted by molar-refractivity contribution is -0.00834. The Balaban J connectivity index is 1.43. The van der Waals surface area contributed by atoms with Gasteiger partial charge in [0.05, 0.1) is 26.4 Å². The second kappa shape index (κ2) is 10.2. The summed E-state index contributed by atoms with van der Waals surface area (Å²) in [7, 11) is 1.86. The van der Waals surface area contributed by atoms with Crippen LogP contribution in [0.25, 0.3) is 0 Å². The Labute approximate surface area is 185 Å². The monoisotopic (exact) mass is 422 g/mol. The highest BCUT2D eigenvalue weighted by atomic mass is 16.5. The molecule has 31 heavy (non-hydrogen) atoms. The fourth-order valence-corrected chi connectivity index (χ4v) is 4.50. The molecule has 2 fully saturated rings. The van der Waals surface area contributed by atoms with Crippen LogP contribution in [0.1, 0.15) is 28.4 Å². The molecule has 2 aliphatic rings. The molecule has 0 spiro atoms. The summed E-state index contributed by atoms with van der Waals surface area (Å²) < 4.78 is 11.7. The lowest BCUT2D eigenvalue weighted by atomic mass is 10.00. The number of nitrogens with one attached hydrogen (secondary N) is 1. The average molecular weight is 423 g/mol. The van der Waals surface area contributed by atoms with Crippen LogP contribution in [-0.2, 0) is 16.0 Å². The van der Waals surface area contributed by atoms with Crippen molar-refractivity contribution in [3.8, 4) is 0 Å².